The van der Waals surface area contributed by atoms with Gasteiger partial charge in [0.15, 0.2) is 0 Å². The Balaban J connectivity index is 1.68. The van der Waals surface area contributed by atoms with Gasteiger partial charge in [-0.05, 0) is 64.6 Å². The minimum Gasteiger partial charge on any atom is -0.494 e. The van der Waals surface area contributed by atoms with E-state index in [0.29, 0.717) is 34.8 Å². The number of aliphatic hydroxyl groups is 1. The number of nitrogens with zero attached hydrogens (tertiary/aromatic N) is 5. The van der Waals surface area contributed by atoms with Crippen LogP contribution in [0, 0.1) is 5.82 Å². The van der Waals surface area contributed by atoms with E-state index in [1.54, 1.807) is 27.0 Å². The van der Waals surface area contributed by atoms with Crippen LogP contribution in [0.3, 0.4) is 0 Å². The quantitative estimate of drug-likeness (QED) is 0.197. The summed E-state index contributed by atoms with van der Waals surface area (Å²) in [6.07, 6.45) is 4.92. The Morgan fingerprint density at radius 3 is 2.56 bits per heavy atom. The Labute approximate surface area is 256 Å². The van der Waals surface area contributed by atoms with Crippen LogP contribution < -0.4 is 25.6 Å². The minimum absolute atomic E-state index is 0.115. The number of aromatic nitrogens is 3. The Morgan fingerprint density at radius 1 is 1.23 bits per heavy atom. The molecule has 2 heterocycles. The highest BCUT2D eigenvalue weighted by Crippen LogP contribution is 2.41. The fraction of sp³-hybridized carbons (Fsp3) is 0.400. The zero-order chi connectivity index (χ0) is 31.3. The largest absolute Gasteiger partial charge is 0.494 e. The van der Waals surface area contributed by atoms with Crippen molar-refractivity contribution < 1.29 is 19.0 Å². The lowest BCUT2D eigenvalue weighted by molar-refractivity contribution is -0.111. The van der Waals surface area contributed by atoms with Crippen LogP contribution >= 0.6 is 11.6 Å². The third kappa shape index (κ3) is 7.51. The van der Waals surface area contributed by atoms with Gasteiger partial charge >= 0.3 is 0 Å². The maximum Gasteiger partial charge on any atom is 0.247 e. The van der Waals surface area contributed by atoms with E-state index in [1.165, 1.54) is 24.5 Å². The molecule has 4 rings (SSSR count). The van der Waals surface area contributed by atoms with Crippen molar-refractivity contribution >= 4 is 52.2 Å². The molecule has 1 aliphatic heterocycles. The summed E-state index contributed by atoms with van der Waals surface area (Å²) in [5.74, 6) is -0.167. The summed E-state index contributed by atoms with van der Waals surface area (Å²) in [6, 6.07) is 6.51. The van der Waals surface area contributed by atoms with E-state index in [0.717, 1.165) is 31.6 Å². The zero-order valence-electron chi connectivity index (χ0n) is 25.0. The number of benzene rings is 2. The molecule has 1 aliphatic rings. The number of anilines is 6. The highest BCUT2D eigenvalue weighted by atomic mass is 35.5. The Morgan fingerprint density at radius 2 is 1.93 bits per heavy atom. The maximum atomic E-state index is 14.3. The SMILES string of the molecule is C=CC(=O)Nc1cc(Nc2ncnc(Nc3cc(Cl)c(F)cc3C(C)(O)CC)n2)c(OC)cc1N1CCCC1CN(C)C. The van der Waals surface area contributed by atoms with Crippen molar-refractivity contribution in [3.8, 4) is 5.75 Å². The molecule has 230 valence electrons. The molecule has 0 aliphatic carbocycles. The lowest BCUT2D eigenvalue weighted by Gasteiger charge is -2.31. The number of amides is 1. The number of likely N-dealkylation sites (N-methyl/N-ethyl adjacent to an activating group) is 1. The second-order valence-corrected chi connectivity index (χ2v) is 11.2. The van der Waals surface area contributed by atoms with E-state index < -0.39 is 11.4 Å². The molecule has 13 heteroatoms. The number of hydrogen-bond acceptors (Lipinski definition) is 10. The summed E-state index contributed by atoms with van der Waals surface area (Å²) in [5, 5.41) is 19.9. The van der Waals surface area contributed by atoms with Gasteiger partial charge < -0.3 is 35.6 Å². The van der Waals surface area contributed by atoms with Crippen LogP contribution in [-0.2, 0) is 10.4 Å². The molecule has 1 fully saturated rings. The summed E-state index contributed by atoms with van der Waals surface area (Å²) in [4.78, 5) is 29.7. The molecular weight excluding hydrogens is 575 g/mol. The molecule has 2 unspecified atom stereocenters. The van der Waals surface area contributed by atoms with Crippen molar-refractivity contribution in [1.82, 2.24) is 19.9 Å². The van der Waals surface area contributed by atoms with E-state index in [1.807, 2.05) is 20.2 Å². The van der Waals surface area contributed by atoms with Gasteiger partial charge in [0.1, 0.15) is 17.9 Å². The molecule has 2 aromatic carbocycles. The van der Waals surface area contributed by atoms with Crippen molar-refractivity contribution in [3.05, 3.63) is 59.7 Å². The molecule has 0 spiro atoms. The fourth-order valence-electron chi connectivity index (χ4n) is 5.07. The first kappa shape index (κ1) is 31.9. The van der Waals surface area contributed by atoms with Crippen molar-refractivity contribution in [3.63, 3.8) is 0 Å². The standard InChI is InChI=1S/C30H38ClFN8O3/c1-7-27(41)35-23-14-24(26(43-6)15-25(23)40-11-9-10-18(40)16-39(4)5)37-29-34-17-33-28(38-29)36-22-13-20(31)21(32)12-19(22)30(3,42)8-2/h7,12-15,17-18,42H,1,8-11,16H2,2-6H3,(H,35,41)(H2,33,34,36,37,38). The number of carbonyl (C=O) groups is 1. The van der Waals surface area contributed by atoms with Crippen LogP contribution in [0.1, 0.15) is 38.7 Å². The molecule has 1 saturated heterocycles. The fourth-order valence-corrected chi connectivity index (χ4v) is 5.23. The number of nitrogens with one attached hydrogen (secondary N) is 3. The van der Waals surface area contributed by atoms with Crippen LogP contribution in [0.15, 0.2) is 43.2 Å². The second-order valence-electron chi connectivity index (χ2n) is 10.8. The average molecular weight is 613 g/mol. The summed E-state index contributed by atoms with van der Waals surface area (Å²) in [5.41, 5.74) is 1.25. The molecule has 1 amide bonds. The first-order valence-electron chi connectivity index (χ1n) is 14.0. The topological polar surface area (TPSA) is 128 Å². The number of ether oxygens (including phenoxy) is 1. The van der Waals surface area contributed by atoms with Crippen LogP contribution in [0.4, 0.5) is 39.0 Å². The molecule has 11 nitrogen and oxygen atoms in total. The third-order valence-electron chi connectivity index (χ3n) is 7.42. The van der Waals surface area contributed by atoms with Gasteiger partial charge in [-0.15, -0.1) is 0 Å². The van der Waals surface area contributed by atoms with Crippen LogP contribution in [0.5, 0.6) is 5.75 Å². The van der Waals surface area contributed by atoms with Crippen molar-refractivity contribution in [1.29, 1.82) is 0 Å². The molecule has 4 N–H and O–H groups in total. The van der Waals surface area contributed by atoms with Gasteiger partial charge in [-0.1, -0.05) is 25.1 Å². The summed E-state index contributed by atoms with van der Waals surface area (Å²) in [6.45, 7) is 8.68. The van der Waals surface area contributed by atoms with Gasteiger partial charge in [0.2, 0.25) is 17.8 Å². The number of carbonyl (C=O) groups excluding carboxylic acids is 1. The van der Waals surface area contributed by atoms with Crippen LogP contribution in [-0.4, -0.2) is 71.2 Å². The van der Waals surface area contributed by atoms with E-state index in [4.69, 9.17) is 16.3 Å². The Bertz CT molecular complexity index is 1490. The van der Waals surface area contributed by atoms with E-state index in [-0.39, 0.29) is 28.9 Å². The summed E-state index contributed by atoms with van der Waals surface area (Å²) >= 11 is 6.05. The Hall–Kier alpha value is -4.00. The normalized spacial score (nSPS) is 16.1. The monoisotopic (exact) mass is 612 g/mol. The molecule has 43 heavy (non-hydrogen) atoms. The molecule has 1 aromatic heterocycles. The van der Waals surface area contributed by atoms with E-state index >= 15 is 0 Å². The van der Waals surface area contributed by atoms with E-state index in [9.17, 15) is 14.3 Å². The first-order valence-corrected chi connectivity index (χ1v) is 14.3. The smallest absolute Gasteiger partial charge is 0.247 e. The molecule has 0 radical (unpaired) electrons. The summed E-state index contributed by atoms with van der Waals surface area (Å²) < 4.78 is 20.0. The second kappa shape index (κ2) is 13.5. The minimum atomic E-state index is -1.33. The maximum absolute atomic E-state index is 14.3. The lowest BCUT2D eigenvalue weighted by Crippen LogP contribution is -2.38. The highest BCUT2D eigenvalue weighted by molar-refractivity contribution is 6.31. The van der Waals surface area contributed by atoms with Crippen molar-refractivity contribution in [2.45, 2.75) is 44.8 Å². The summed E-state index contributed by atoms with van der Waals surface area (Å²) in [7, 11) is 5.65. The zero-order valence-corrected chi connectivity index (χ0v) is 25.8. The van der Waals surface area contributed by atoms with Gasteiger partial charge in [-0.25, -0.2) is 14.4 Å². The number of methoxy groups -OCH3 is 1. The molecule has 2 atom stereocenters. The lowest BCUT2D eigenvalue weighted by atomic mass is 9.91. The van der Waals surface area contributed by atoms with Crippen molar-refractivity contribution in [2.75, 3.05) is 55.1 Å². The molecular formula is C30H38ClFN8O3. The number of halogens is 2. The van der Waals surface area contributed by atoms with Crippen LogP contribution in [0.25, 0.3) is 0 Å². The average Bonchev–Trinajstić information content (AvgIpc) is 3.42. The molecule has 0 saturated carbocycles. The van der Waals surface area contributed by atoms with Crippen molar-refractivity contribution in [2.24, 2.45) is 0 Å². The van der Waals surface area contributed by atoms with Gasteiger partial charge in [0.25, 0.3) is 0 Å². The van der Waals surface area contributed by atoms with Gasteiger partial charge in [-0.2, -0.15) is 4.98 Å². The van der Waals surface area contributed by atoms with Crippen LogP contribution in [0.2, 0.25) is 5.02 Å². The number of hydrogen-bond donors (Lipinski definition) is 4. The molecule has 0 bridgehead atoms. The predicted molar refractivity (Wildman–Crippen MR) is 168 cm³/mol. The Kier molecular flexibility index (Phi) is 10.0. The van der Waals surface area contributed by atoms with Gasteiger partial charge in [-0.3, -0.25) is 4.79 Å². The first-order chi connectivity index (χ1) is 20.4. The van der Waals surface area contributed by atoms with Gasteiger partial charge in [0.05, 0.1) is 34.8 Å². The number of rotatable bonds is 12. The molecule has 3 aromatic rings. The highest BCUT2D eigenvalue weighted by Gasteiger charge is 2.29. The predicted octanol–water partition coefficient (Wildman–Crippen LogP) is 5.43. The van der Waals surface area contributed by atoms with E-state index in [2.05, 4.69) is 47.3 Å². The van der Waals surface area contributed by atoms with Gasteiger partial charge in [0, 0.05) is 36.4 Å². The third-order valence-corrected chi connectivity index (χ3v) is 7.71.